The van der Waals surface area contributed by atoms with E-state index in [1.54, 1.807) is 6.92 Å². The van der Waals surface area contributed by atoms with Crippen LogP contribution in [0, 0.1) is 0 Å². The van der Waals surface area contributed by atoms with E-state index in [4.69, 9.17) is 18.9 Å². The molecule has 0 aliphatic carbocycles. The molecule has 0 bridgehead atoms. The third-order valence-electron chi connectivity index (χ3n) is 7.76. The summed E-state index contributed by atoms with van der Waals surface area (Å²) in [5.41, 5.74) is -3.09. The van der Waals surface area contributed by atoms with E-state index in [9.17, 15) is 20.0 Å². The van der Waals surface area contributed by atoms with E-state index >= 15 is 0 Å². The maximum Gasteiger partial charge on any atom is 0.318 e. The molecule has 0 spiro atoms. The molecule has 2 rings (SSSR count). The highest BCUT2D eigenvalue weighted by atomic mass is 127. The Balaban J connectivity index is 2.20. The third-order valence-corrected chi connectivity index (χ3v) is 8.89. The molecule has 0 aromatic carbocycles. The first kappa shape index (κ1) is 33.4. The first-order valence-corrected chi connectivity index (χ1v) is 15.5. The van der Waals surface area contributed by atoms with Crippen LogP contribution in [0.15, 0.2) is 0 Å². The molecule has 0 saturated carbocycles. The largest absolute Gasteiger partial charge is 0.463 e. The van der Waals surface area contributed by atoms with Crippen molar-refractivity contribution in [2.75, 3.05) is 30.9 Å². The van der Waals surface area contributed by atoms with Crippen LogP contribution in [0.5, 0.6) is 0 Å². The van der Waals surface area contributed by atoms with Crippen molar-refractivity contribution in [2.45, 2.75) is 112 Å². The number of hydrogen-bond donors (Lipinski definition) is 2. The Morgan fingerprint density at radius 1 is 0.811 bits per heavy atom. The van der Waals surface area contributed by atoms with Crippen LogP contribution in [0.4, 0.5) is 0 Å². The Morgan fingerprint density at radius 3 is 1.59 bits per heavy atom. The van der Waals surface area contributed by atoms with Gasteiger partial charge in [0.25, 0.3) is 0 Å². The van der Waals surface area contributed by atoms with Gasteiger partial charge in [-0.1, -0.05) is 45.2 Å². The third kappa shape index (κ3) is 7.88. The molecule has 2 aliphatic rings. The number of carbonyl (C=O) groups is 2. The average molecular weight is 754 g/mol. The first-order valence-electron chi connectivity index (χ1n) is 12.7. The molecular formula is C25H44I2N2O8. The average Bonchev–Trinajstić information content (AvgIpc) is 2.80. The molecular weight excluding hydrogens is 710 g/mol. The first-order chi connectivity index (χ1) is 17.0. The fourth-order valence-electron chi connectivity index (χ4n) is 5.84. The summed E-state index contributed by atoms with van der Waals surface area (Å²) in [5.74, 6) is -0.556. The van der Waals surface area contributed by atoms with Gasteiger partial charge >= 0.3 is 11.9 Å². The molecule has 5 unspecified atom stereocenters. The second-order valence-electron chi connectivity index (χ2n) is 11.7. The van der Waals surface area contributed by atoms with Gasteiger partial charge < -0.3 is 29.4 Å². The van der Waals surface area contributed by atoms with Crippen LogP contribution in [0.1, 0.15) is 74.1 Å². The zero-order valence-corrected chi connectivity index (χ0v) is 27.4. The van der Waals surface area contributed by atoms with Crippen molar-refractivity contribution in [2.24, 2.45) is 0 Å². The second kappa shape index (κ2) is 13.2. The van der Waals surface area contributed by atoms with Gasteiger partial charge in [-0.25, -0.2) is 0 Å². The van der Waals surface area contributed by atoms with Crippen LogP contribution in [-0.4, -0.2) is 102 Å². The number of nitrogens with zero attached hydrogens (tertiary/aromatic N) is 2. The van der Waals surface area contributed by atoms with Crippen molar-refractivity contribution >= 4 is 57.1 Å². The molecule has 2 aliphatic heterocycles. The number of esters is 2. The Labute approximate surface area is 248 Å². The molecule has 10 nitrogen and oxygen atoms in total. The van der Waals surface area contributed by atoms with E-state index in [-0.39, 0.29) is 58.9 Å². The number of carbonyl (C=O) groups excluding carboxylic acids is 2. The number of hydroxylamine groups is 4. The van der Waals surface area contributed by atoms with Crippen molar-refractivity contribution in [3.05, 3.63) is 0 Å². The lowest BCUT2D eigenvalue weighted by molar-refractivity contribution is -0.355. The summed E-state index contributed by atoms with van der Waals surface area (Å²) < 4.78 is 22.8. The highest BCUT2D eigenvalue weighted by Crippen LogP contribution is 2.52. The molecule has 37 heavy (non-hydrogen) atoms. The van der Waals surface area contributed by atoms with E-state index < -0.39 is 22.2 Å². The van der Waals surface area contributed by atoms with Crippen LogP contribution in [-0.2, 0) is 28.5 Å². The van der Waals surface area contributed by atoms with E-state index in [1.807, 2.05) is 86.7 Å². The number of halogens is 2. The van der Waals surface area contributed by atoms with Gasteiger partial charge in [0.2, 0.25) is 0 Å². The van der Waals surface area contributed by atoms with Crippen LogP contribution in [0.3, 0.4) is 0 Å². The molecule has 0 radical (unpaired) electrons. The van der Waals surface area contributed by atoms with Crippen molar-refractivity contribution in [1.29, 1.82) is 0 Å². The van der Waals surface area contributed by atoms with Gasteiger partial charge in [0.1, 0.15) is 17.1 Å². The van der Waals surface area contributed by atoms with Crippen molar-refractivity contribution in [3.8, 4) is 0 Å². The van der Waals surface area contributed by atoms with Gasteiger partial charge in [-0.15, -0.1) is 0 Å². The summed E-state index contributed by atoms with van der Waals surface area (Å²) in [5, 5.41) is 25.8. The molecule has 0 aromatic heterocycles. The second-order valence-corrected chi connectivity index (χ2v) is 14.4. The number of rotatable bonds is 11. The maximum atomic E-state index is 11.8. The van der Waals surface area contributed by atoms with Gasteiger partial charge in [-0.2, -0.15) is 10.1 Å². The zero-order chi connectivity index (χ0) is 28.2. The Hall–Kier alpha value is 0.160. The van der Waals surface area contributed by atoms with Gasteiger partial charge in [0, 0.05) is 11.1 Å². The monoisotopic (exact) mass is 754 g/mol. The van der Waals surface area contributed by atoms with Crippen LogP contribution >= 0.6 is 45.2 Å². The highest BCUT2D eigenvalue weighted by molar-refractivity contribution is 14.1. The van der Waals surface area contributed by atoms with E-state index in [2.05, 4.69) is 0 Å². The zero-order valence-electron chi connectivity index (χ0n) is 23.1. The minimum absolute atomic E-state index is 0.164. The number of ether oxygens (including phenoxy) is 4. The summed E-state index contributed by atoms with van der Waals surface area (Å²) in [6.45, 7) is 14.3. The molecule has 0 amide bonds. The molecule has 2 fully saturated rings. The summed E-state index contributed by atoms with van der Waals surface area (Å²) >= 11 is 3.97. The van der Waals surface area contributed by atoms with Gasteiger partial charge in [-0.05, 0) is 74.1 Å². The van der Waals surface area contributed by atoms with E-state index in [1.165, 1.54) is 10.1 Å². The van der Waals surface area contributed by atoms with E-state index in [0.717, 1.165) is 0 Å². The number of piperidine rings is 2. The highest BCUT2D eigenvalue weighted by Gasteiger charge is 2.63. The lowest BCUT2D eigenvalue weighted by Gasteiger charge is -2.65. The summed E-state index contributed by atoms with van der Waals surface area (Å²) in [6.07, 6.45) is 1.61. The fourth-order valence-corrected chi connectivity index (χ4v) is 6.24. The summed E-state index contributed by atoms with van der Waals surface area (Å²) in [7, 11) is 0. The molecule has 0 aromatic rings. The maximum absolute atomic E-state index is 11.8. The van der Waals surface area contributed by atoms with Crippen LogP contribution < -0.4 is 0 Å². The predicted molar refractivity (Wildman–Crippen MR) is 154 cm³/mol. The minimum Gasteiger partial charge on any atom is -0.463 e. The molecule has 2 heterocycles. The van der Waals surface area contributed by atoms with Gasteiger partial charge in [0.15, 0.2) is 0 Å². The Kier molecular flexibility index (Phi) is 11.9. The quantitative estimate of drug-likeness (QED) is 0.138. The van der Waals surface area contributed by atoms with Crippen molar-refractivity contribution in [1.82, 2.24) is 10.1 Å². The molecule has 216 valence electrons. The lowest BCUT2D eigenvalue weighted by Crippen LogP contribution is -2.78. The Bertz CT molecular complexity index is 799. The van der Waals surface area contributed by atoms with Gasteiger partial charge in [-0.3, -0.25) is 9.59 Å². The molecule has 5 atom stereocenters. The predicted octanol–water partition coefficient (Wildman–Crippen LogP) is 4.15. The SMILES string of the molecule is CC(I)C(=O)OCCOC1CC(C)(C)N(O)C(C)(C2(C)CC(OCCOC(=O)CI)CC(C)(C)N2O)C1. The number of hydrogen-bond acceptors (Lipinski definition) is 10. The molecule has 2 saturated heterocycles. The van der Waals surface area contributed by atoms with Crippen molar-refractivity contribution < 1.29 is 39.0 Å². The van der Waals surface area contributed by atoms with Crippen LogP contribution in [0.2, 0.25) is 0 Å². The normalized spacial score (nSPS) is 33.1. The summed E-state index contributed by atoms with van der Waals surface area (Å²) in [6, 6.07) is 0. The smallest absolute Gasteiger partial charge is 0.318 e. The molecule has 2 N–H and O–H groups in total. The number of alkyl halides is 2. The van der Waals surface area contributed by atoms with Crippen LogP contribution in [0.25, 0.3) is 0 Å². The standard InChI is InChI=1S/C25H44I2N2O8/c1-17(27)21(31)37-11-9-35-19-13-23(4,5)29(33)25(7,15-19)24(6)14-18(12-22(2,3)28(24)32)34-8-10-36-20(30)16-26/h17-19,32-33H,8-16H2,1-7H3. The Morgan fingerprint density at radius 2 is 1.22 bits per heavy atom. The van der Waals surface area contributed by atoms with Gasteiger partial charge in [0.05, 0.1) is 40.9 Å². The van der Waals surface area contributed by atoms with Crippen molar-refractivity contribution in [3.63, 3.8) is 0 Å². The summed E-state index contributed by atoms with van der Waals surface area (Å²) in [4.78, 5) is 23.2. The topological polar surface area (TPSA) is 118 Å². The minimum atomic E-state index is -0.908. The van der Waals surface area contributed by atoms with E-state index in [0.29, 0.717) is 25.7 Å². The lowest BCUT2D eigenvalue weighted by atomic mass is 9.63. The fraction of sp³-hybridized carbons (Fsp3) is 0.920. The molecule has 12 heteroatoms.